The van der Waals surface area contributed by atoms with Crippen LogP contribution in [0.1, 0.15) is 55.1 Å². The van der Waals surface area contributed by atoms with Crippen LogP contribution >= 0.6 is 12.9 Å². The molecule has 0 spiro atoms. The first kappa shape index (κ1) is 22.7. The van der Waals surface area contributed by atoms with Crippen LogP contribution in [0.5, 0.6) is 5.75 Å². The molecule has 0 radical (unpaired) electrons. The number of fused-ring (bicyclic) bond motifs is 1. The summed E-state index contributed by atoms with van der Waals surface area (Å²) >= 11 is 3.92. The average Bonchev–Trinajstić information content (AvgIpc) is 2.71. The van der Waals surface area contributed by atoms with Crippen molar-refractivity contribution >= 4 is 42.4 Å². The number of anilines is 1. The quantitative estimate of drug-likeness (QED) is 0.109. The van der Waals surface area contributed by atoms with E-state index in [1.165, 1.54) is 11.7 Å². The van der Waals surface area contributed by atoms with Crippen LogP contribution in [0.4, 0.5) is 16.2 Å². The zero-order valence-corrected chi connectivity index (χ0v) is 19.0. The minimum atomic E-state index is -0.732. The molecule has 1 heterocycles. The van der Waals surface area contributed by atoms with E-state index in [2.05, 4.69) is 18.2 Å². The standard InChI is InChI=1S/C23H26N2O5S/c1-15-13-17(14-19-21(15)24-22(27)29-23(19,3)4)28-12-8-7-11-25(30-31)20-10-6-5-9-18(20)16(2)26/h5-6,9-11,13-14H,7-8,12H2,1-4H3,(H-,24,27,31)/p+1. The van der Waals surface area contributed by atoms with E-state index < -0.39 is 11.7 Å². The van der Waals surface area contributed by atoms with Crippen LogP contribution < -0.4 is 10.1 Å². The van der Waals surface area contributed by atoms with Gasteiger partial charge in [-0.05, 0) is 57.9 Å². The van der Waals surface area contributed by atoms with Crippen molar-refractivity contribution in [3.63, 3.8) is 0 Å². The van der Waals surface area contributed by atoms with E-state index in [0.29, 0.717) is 30.0 Å². The van der Waals surface area contributed by atoms with Crippen LogP contribution in [0.25, 0.3) is 0 Å². The number of nitrogens with zero attached hydrogens (tertiary/aromatic N) is 1. The molecule has 0 fully saturated rings. The lowest BCUT2D eigenvalue weighted by atomic mass is 9.92. The lowest BCUT2D eigenvalue weighted by Gasteiger charge is -2.33. The summed E-state index contributed by atoms with van der Waals surface area (Å²) < 4.78 is 17.9. The number of nitrogens with one attached hydrogen (secondary N) is 1. The summed E-state index contributed by atoms with van der Waals surface area (Å²) in [6.07, 6.45) is 2.75. The highest BCUT2D eigenvalue weighted by molar-refractivity contribution is 7.74. The summed E-state index contributed by atoms with van der Waals surface area (Å²) in [5, 5.41) is 2.76. The molecule has 0 saturated carbocycles. The number of carbonyl (C=O) groups is 2. The zero-order chi connectivity index (χ0) is 22.6. The predicted octanol–water partition coefficient (Wildman–Crippen LogP) is 5.35. The molecule has 31 heavy (non-hydrogen) atoms. The maximum absolute atomic E-state index is 11.8. The maximum atomic E-state index is 11.8. The Morgan fingerprint density at radius 2 is 2.03 bits per heavy atom. The smallest absolute Gasteiger partial charge is 0.412 e. The number of hydrogen-bond acceptors (Lipinski definition) is 6. The largest absolute Gasteiger partial charge is 0.494 e. The molecule has 3 rings (SSSR count). The number of aryl methyl sites for hydroxylation is 1. The summed E-state index contributed by atoms with van der Waals surface area (Å²) in [5.74, 6) is 0.668. The van der Waals surface area contributed by atoms with Gasteiger partial charge in [0.1, 0.15) is 24.3 Å². The number of carbonyl (C=O) groups excluding carboxylic acids is 2. The monoisotopic (exact) mass is 443 g/mol. The van der Waals surface area contributed by atoms with Gasteiger partial charge in [-0.2, -0.15) is 4.28 Å². The van der Waals surface area contributed by atoms with E-state index in [0.717, 1.165) is 23.2 Å². The predicted molar refractivity (Wildman–Crippen MR) is 122 cm³/mol. The highest BCUT2D eigenvalue weighted by Gasteiger charge is 2.34. The van der Waals surface area contributed by atoms with Crippen molar-refractivity contribution in [3.05, 3.63) is 53.1 Å². The first-order valence-electron chi connectivity index (χ1n) is 10.0. The third-order valence-electron chi connectivity index (χ3n) is 5.05. The lowest BCUT2D eigenvalue weighted by Crippen LogP contribution is -2.35. The van der Waals surface area contributed by atoms with Crippen molar-refractivity contribution in [1.82, 2.24) is 0 Å². The van der Waals surface area contributed by atoms with Crippen LogP contribution in [0.2, 0.25) is 0 Å². The summed E-state index contributed by atoms with van der Waals surface area (Å²) in [7, 11) is 0. The number of rotatable bonds is 8. The number of cyclic esters (lactones) is 1. The van der Waals surface area contributed by atoms with Crippen molar-refractivity contribution in [1.29, 1.82) is 0 Å². The van der Waals surface area contributed by atoms with Crippen molar-refractivity contribution in [3.8, 4) is 5.75 Å². The zero-order valence-electron chi connectivity index (χ0n) is 18.1. The molecule has 0 saturated heterocycles. The van der Waals surface area contributed by atoms with Gasteiger partial charge >= 0.3 is 6.09 Å². The van der Waals surface area contributed by atoms with Gasteiger partial charge in [-0.3, -0.25) is 10.1 Å². The third kappa shape index (κ3) is 5.19. The van der Waals surface area contributed by atoms with E-state index in [9.17, 15) is 9.59 Å². The Labute approximate surface area is 187 Å². The third-order valence-corrected chi connectivity index (χ3v) is 5.23. The first-order chi connectivity index (χ1) is 14.7. The second-order valence-corrected chi connectivity index (χ2v) is 8.00. The number of Topliss-reactive ketones (excluding diaryl/α,β-unsaturated/α-hetero) is 1. The van der Waals surface area contributed by atoms with Gasteiger partial charge < -0.3 is 9.47 Å². The number of ketones is 1. The van der Waals surface area contributed by atoms with Crippen molar-refractivity contribution < 1.29 is 28.1 Å². The van der Waals surface area contributed by atoms with E-state index in [-0.39, 0.29) is 5.78 Å². The van der Waals surface area contributed by atoms with Gasteiger partial charge in [0, 0.05) is 22.8 Å². The van der Waals surface area contributed by atoms with Crippen LogP contribution in [-0.4, -0.2) is 29.4 Å². The molecule has 1 amide bonds. The summed E-state index contributed by atoms with van der Waals surface area (Å²) in [5.41, 5.74) is 3.03. The Bertz CT molecular complexity index is 1030. The Morgan fingerprint density at radius 1 is 1.29 bits per heavy atom. The van der Waals surface area contributed by atoms with Gasteiger partial charge in [0.2, 0.25) is 6.21 Å². The number of ether oxygens (including phenoxy) is 2. The Balaban J connectivity index is 1.64. The molecule has 0 bridgehead atoms. The molecule has 0 unspecified atom stereocenters. The van der Waals surface area contributed by atoms with Crippen LogP contribution in [0.3, 0.4) is 0 Å². The van der Waals surface area contributed by atoms with Crippen LogP contribution in [0, 0.1) is 6.92 Å². The lowest BCUT2D eigenvalue weighted by molar-refractivity contribution is -0.672. The molecule has 2 aromatic carbocycles. The molecular weight excluding hydrogens is 416 g/mol. The molecule has 1 N–H and O–H groups in total. The minimum Gasteiger partial charge on any atom is -0.494 e. The Morgan fingerprint density at radius 3 is 2.74 bits per heavy atom. The normalized spacial score (nSPS) is 14.9. The second-order valence-electron chi connectivity index (χ2n) is 7.84. The van der Waals surface area contributed by atoms with Crippen LogP contribution in [-0.2, 0) is 14.6 Å². The van der Waals surface area contributed by atoms with E-state index in [1.54, 1.807) is 12.1 Å². The highest BCUT2D eigenvalue weighted by atomic mass is 32.1. The van der Waals surface area contributed by atoms with Crippen molar-refractivity contribution in [2.45, 2.75) is 46.1 Å². The molecule has 2 aromatic rings. The Hall–Kier alpha value is -3.00. The molecule has 0 aliphatic carbocycles. The molecule has 0 atom stereocenters. The van der Waals surface area contributed by atoms with E-state index in [1.807, 2.05) is 51.3 Å². The first-order valence-corrected chi connectivity index (χ1v) is 10.4. The molecule has 1 aliphatic rings. The summed E-state index contributed by atoms with van der Waals surface area (Å²) in [6, 6.07) is 11.0. The number of hydrogen-bond donors (Lipinski definition) is 2. The fraction of sp³-hybridized carbons (Fsp3) is 0.348. The molecular formula is C23H27N2O5S+. The fourth-order valence-corrected chi connectivity index (χ4v) is 3.67. The number of unbranched alkanes of at least 4 members (excludes halogenated alkanes) is 1. The summed E-state index contributed by atoms with van der Waals surface area (Å²) in [6.45, 7) is 7.63. The highest BCUT2D eigenvalue weighted by Crippen LogP contribution is 2.39. The van der Waals surface area contributed by atoms with Crippen molar-refractivity contribution in [2.75, 3.05) is 11.9 Å². The van der Waals surface area contributed by atoms with E-state index >= 15 is 0 Å². The van der Waals surface area contributed by atoms with Gasteiger partial charge in [-0.15, -0.1) is 0 Å². The Kier molecular flexibility index (Phi) is 6.90. The van der Waals surface area contributed by atoms with Gasteiger partial charge in [-0.25, -0.2) is 4.79 Å². The van der Waals surface area contributed by atoms with Crippen LogP contribution in [0.15, 0.2) is 36.4 Å². The van der Waals surface area contributed by atoms with Gasteiger partial charge in [0.15, 0.2) is 5.78 Å². The minimum absolute atomic E-state index is 0.0476. The molecule has 7 nitrogen and oxygen atoms in total. The van der Waals surface area contributed by atoms with Gasteiger partial charge in [0.25, 0.3) is 5.69 Å². The molecule has 1 aliphatic heterocycles. The second kappa shape index (κ2) is 9.43. The van der Waals surface area contributed by atoms with Gasteiger partial charge in [0.05, 0.1) is 17.9 Å². The number of amides is 1. The molecule has 0 aromatic heterocycles. The number of thiol groups is 1. The molecule has 164 valence electrons. The van der Waals surface area contributed by atoms with Crippen molar-refractivity contribution in [2.24, 2.45) is 0 Å². The van der Waals surface area contributed by atoms with Gasteiger partial charge in [-0.1, -0.05) is 12.1 Å². The maximum Gasteiger partial charge on any atom is 0.412 e. The average molecular weight is 444 g/mol. The topological polar surface area (TPSA) is 76.9 Å². The SMILES string of the molecule is CC(=O)c1ccccc1[N+](=CCCCOc1cc(C)c2c(c1)C(C)(C)OC(=O)N2)OS. The fourth-order valence-electron chi connectivity index (χ4n) is 3.51. The van der Waals surface area contributed by atoms with E-state index in [4.69, 9.17) is 13.8 Å². The summed E-state index contributed by atoms with van der Waals surface area (Å²) in [4.78, 5) is 23.6. The molecule has 8 heteroatoms. The number of benzene rings is 2. The number of para-hydroxylation sites is 1.